The summed E-state index contributed by atoms with van der Waals surface area (Å²) < 4.78 is 25.4. The molecule has 1 saturated heterocycles. The van der Waals surface area contributed by atoms with Crippen LogP contribution in [0.25, 0.3) is 0 Å². The fourth-order valence-corrected chi connectivity index (χ4v) is 2.78. The lowest BCUT2D eigenvalue weighted by Crippen LogP contribution is -2.23. The van der Waals surface area contributed by atoms with Crippen LogP contribution in [0.1, 0.15) is 18.4 Å². The van der Waals surface area contributed by atoms with Gasteiger partial charge in [0.15, 0.2) is 0 Å². The summed E-state index contributed by atoms with van der Waals surface area (Å²) in [6.45, 7) is 2.46. The summed E-state index contributed by atoms with van der Waals surface area (Å²) in [4.78, 5) is 2.16. The van der Waals surface area contributed by atoms with Gasteiger partial charge in [-0.1, -0.05) is 28.1 Å². The Morgan fingerprint density at radius 3 is 2.67 bits per heavy atom. The molecule has 0 radical (unpaired) electrons. The van der Waals surface area contributed by atoms with Gasteiger partial charge < -0.3 is 4.90 Å². The van der Waals surface area contributed by atoms with Crippen LogP contribution in [-0.2, 0) is 6.42 Å². The van der Waals surface area contributed by atoms with Crippen molar-refractivity contribution >= 4 is 15.9 Å². The number of hydrogen-bond acceptors (Lipinski definition) is 1. The predicted octanol–water partition coefficient (Wildman–Crippen LogP) is 3.97. The molecule has 4 heteroatoms. The Bertz CT molecular complexity index is 367. The van der Waals surface area contributed by atoms with E-state index in [4.69, 9.17) is 0 Å². The number of benzene rings is 1. The zero-order chi connectivity index (χ0) is 13.0. The summed E-state index contributed by atoms with van der Waals surface area (Å²) >= 11 is 3.42. The van der Waals surface area contributed by atoms with Crippen molar-refractivity contribution in [1.82, 2.24) is 4.90 Å². The zero-order valence-corrected chi connectivity index (χ0v) is 11.9. The number of nitrogens with zero attached hydrogens (tertiary/aromatic N) is 1. The molecule has 0 unspecified atom stereocenters. The summed E-state index contributed by atoms with van der Waals surface area (Å²) in [5.41, 5.74) is 1.33. The maximum absolute atomic E-state index is 12.1. The molecule has 0 bridgehead atoms. The molecule has 1 heterocycles. The fourth-order valence-electron chi connectivity index (χ4n) is 2.52. The maximum Gasteiger partial charge on any atom is 0.239 e. The summed E-state index contributed by atoms with van der Waals surface area (Å²) in [5, 5.41) is 0. The van der Waals surface area contributed by atoms with E-state index in [9.17, 15) is 8.78 Å². The lowest BCUT2D eigenvalue weighted by molar-refractivity contribution is 0.120. The third-order valence-corrected chi connectivity index (χ3v) is 4.00. The molecule has 1 aliphatic rings. The van der Waals surface area contributed by atoms with E-state index in [1.54, 1.807) is 0 Å². The van der Waals surface area contributed by atoms with Gasteiger partial charge in [-0.05, 0) is 43.0 Å². The Morgan fingerprint density at radius 2 is 2.00 bits per heavy atom. The molecule has 0 saturated carbocycles. The molecule has 1 aliphatic heterocycles. The second kappa shape index (κ2) is 6.62. The quantitative estimate of drug-likeness (QED) is 0.794. The van der Waals surface area contributed by atoms with Crippen molar-refractivity contribution in [2.75, 3.05) is 19.6 Å². The van der Waals surface area contributed by atoms with E-state index in [1.165, 1.54) is 5.56 Å². The van der Waals surface area contributed by atoms with Gasteiger partial charge in [0.1, 0.15) is 0 Å². The number of alkyl halides is 2. The van der Waals surface area contributed by atoms with Gasteiger partial charge in [0.2, 0.25) is 6.43 Å². The van der Waals surface area contributed by atoms with Gasteiger partial charge in [0.25, 0.3) is 0 Å². The second-order valence-electron chi connectivity index (χ2n) is 4.97. The Morgan fingerprint density at radius 1 is 1.28 bits per heavy atom. The van der Waals surface area contributed by atoms with Crippen molar-refractivity contribution < 1.29 is 8.78 Å². The average molecular weight is 318 g/mol. The summed E-state index contributed by atoms with van der Waals surface area (Å²) in [6.07, 6.45) is 0.0125. The molecule has 0 amide bonds. The van der Waals surface area contributed by atoms with Gasteiger partial charge >= 0.3 is 0 Å². The van der Waals surface area contributed by atoms with Gasteiger partial charge in [-0.25, -0.2) is 8.78 Å². The number of rotatable bonds is 5. The molecule has 0 spiro atoms. The first kappa shape index (κ1) is 13.9. The summed E-state index contributed by atoms with van der Waals surface area (Å²) in [7, 11) is 0. The molecular formula is C14H18BrF2N. The van der Waals surface area contributed by atoms with Crippen LogP contribution in [0.2, 0.25) is 0 Å². The van der Waals surface area contributed by atoms with Crippen molar-refractivity contribution in [3.63, 3.8) is 0 Å². The van der Waals surface area contributed by atoms with E-state index in [0.717, 1.165) is 30.4 Å². The lowest BCUT2D eigenvalue weighted by atomic mass is 9.99. The van der Waals surface area contributed by atoms with Gasteiger partial charge in [-0.3, -0.25) is 0 Å². The molecule has 1 atom stereocenters. The molecule has 1 nitrogen and oxygen atoms in total. The highest BCUT2D eigenvalue weighted by molar-refractivity contribution is 9.10. The number of likely N-dealkylation sites (tertiary alicyclic amines) is 1. The Balaban J connectivity index is 1.77. The van der Waals surface area contributed by atoms with Crippen molar-refractivity contribution in [1.29, 1.82) is 0 Å². The normalized spacial score (nSPS) is 20.8. The molecule has 0 aliphatic carbocycles. The van der Waals surface area contributed by atoms with E-state index < -0.39 is 6.43 Å². The first-order chi connectivity index (χ1) is 8.63. The maximum atomic E-state index is 12.1. The third kappa shape index (κ3) is 4.32. The van der Waals surface area contributed by atoms with Crippen LogP contribution in [0.5, 0.6) is 0 Å². The van der Waals surface area contributed by atoms with Crippen LogP contribution in [0.3, 0.4) is 0 Å². The van der Waals surface area contributed by atoms with Gasteiger partial charge in [-0.15, -0.1) is 0 Å². The average Bonchev–Trinajstić information content (AvgIpc) is 2.77. The topological polar surface area (TPSA) is 3.24 Å². The van der Waals surface area contributed by atoms with Crippen LogP contribution in [0.4, 0.5) is 8.78 Å². The third-order valence-electron chi connectivity index (χ3n) is 3.47. The SMILES string of the molecule is FC(F)CCN1CC[C@H](Cc2ccc(Br)cc2)C1. The monoisotopic (exact) mass is 317 g/mol. The Kier molecular flexibility index (Phi) is 5.13. The van der Waals surface area contributed by atoms with Crippen LogP contribution in [0, 0.1) is 5.92 Å². The molecule has 0 aromatic heterocycles. The van der Waals surface area contributed by atoms with E-state index >= 15 is 0 Å². The van der Waals surface area contributed by atoms with Crippen molar-refractivity contribution in [3.05, 3.63) is 34.3 Å². The molecule has 100 valence electrons. The summed E-state index contributed by atoms with van der Waals surface area (Å²) in [6, 6.07) is 8.37. The number of halogens is 3. The van der Waals surface area contributed by atoms with Crippen molar-refractivity contribution in [2.24, 2.45) is 5.92 Å². The highest BCUT2D eigenvalue weighted by Crippen LogP contribution is 2.22. The minimum atomic E-state index is -2.17. The smallest absolute Gasteiger partial charge is 0.239 e. The molecule has 2 rings (SSSR count). The standard InChI is InChI=1S/C14H18BrF2N/c15-13-3-1-11(2-4-13)9-12-5-7-18(10-12)8-6-14(16)17/h1-4,12,14H,5-10H2/t12-/m1/s1. The molecule has 1 aromatic carbocycles. The van der Waals surface area contributed by atoms with Gasteiger partial charge in [-0.2, -0.15) is 0 Å². The van der Waals surface area contributed by atoms with Gasteiger partial charge in [0.05, 0.1) is 0 Å². The molecule has 0 N–H and O–H groups in total. The predicted molar refractivity (Wildman–Crippen MR) is 73.0 cm³/mol. The zero-order valence-electron chi connectivity index (χ0n) is 10.3. The van der Waals surface area contributed by atoms with E-state index in [2.05, 4.69) is 45.1 Å². The fraction of sp³-hybridized carbons (Fsp3) is 0.571. The summed E-state index contributed by atoms with van der Waals surface area (Å²) in [5.74, 6) is 0.615. The van der Waals surface area contributed by atoms with Crippen LogP contribution in [0.15, 0.2) is 28.7 Å². The highest BCUT2D eigenvalue weighted by atomic mass is 79.9. The minimum absolute atomic E-state index is 0.00496. The Labute approximate surface area is 115 Å². The number of hydrogen-bond donors (Lipinski definition) is 0. The molecular weight excluding hydrogens is 300 g/mol. The van der Waals surface area contributed by atoms with E-state index in [0.29, 0.717) is 12.5 Å². The van der Waals surface area contributed by atoms with Crippen LogP contribution >= 0.6 is 15.9 Å². The Hall–Kier alpha value is -0.480. The van der Waals surface area contributed by atoms with E-state index in [1.807, 2.05) is 0 Å². The molecule has 1 fully saturated rings. The van der Waals surface area contributed by atoms with Crippen LogP contribution < -0.4 is 0 Å². The van der Waals surface area contributed by atoms with Crippen molar-refractivity contribution in [3.8, 4) is 0 Å². The van der Waals surface area contributed by atoms with Gasteiger partial charge in [0, 0.05) is 24.0 Å². The van der Waals surface area contributed by atoms with E-state index in [-0.39, 0.29) is 6.42 Å². The first-order valence-electron chi connectivity index (χ1n) is 6.38. The van der Waals surface area contributed by atoms with Crippen molar-refractivity contribution in [2.45, 2.75) is 25.7 Å². The largest absolute Gasteiger partial charge is 0.303 e. The van der Waals surface area contributed by atoms with Crippen LogP contribution in [-0.4, -0.2) is 31.0 Å². The molecule has 18 heavy (non-hydrogen) atoms. The first-order valence-corrected chi connectivity index (χ1v) is 7.18. The minimum Gasteiger partial charge on any atom is -0.303 e. The highest BCUT2D eigenvalue weighted by Gasteiger charge is 2.22. The lowest BCUT2D eigenvalue weighted by Gasteiger charge is -2.15. The second-order valence-corrected chi connectivity index (χ2v) is 5.88. The molecule has 1 aromatic rings.